The third-order valence-electron chi connectivity index (χ3n) is 3.43. The Hall–Kier alpha value is -1.02. The standard InChI is InChI=1S/C14H22N2O4/c15-11-6-12(16-9-18)14(20-13(11)7-17)19-8-10-4-2-1-3-5-10/h1-5,11-14,16-18H,6-9,15H2. The van der Waals surface area contributed by atoms with Gasteiger partial charge in [0.15, 0.2) is 6.29 Å². The average Bonchev–Trinajstić information content (AvgIpc) is 2.48. The topological polar surface area (TPSA) is 97.0 Å². The molecule has 0 aromatic heterocycles. The van der Waals surface area contributed by atoms with Crippen LogP contribution >= 0.6 is 0 Å². The SMILES string of the molecule is NC1CC(NCO)C(OCc2ccccc2)OC1CO. The number of aliphatic hydroxyl groups excluding tert-OH is 2. The van der Waals surface area contributed by atoms with E-state index in [0.717, 1.165) is 5.56 Å². The van der Waals surface area contributed by atoms with Crippen molar-refractivity contribution in [1.82, 2.24) is 5.32 Å². The summed E-state index contributed by atoms with van der Waals surface area (Å²) in [5, 5.41) is 21.2. The van der Waals surface area contributed by atoms with Crippen molar-refractivity contribution in [1.29, 1.82) is 0 Å². The van der Waals surface area contributed by atoms with Crippen LogP contribution in [0.3, 0.4) is 0 Å². The fourth-order valence-electron chi connectivity index (χ4n) is 2.31. The van der Waals surface area contributed by atoms with Crippen molar-refractivity contribution < 1.29 is 19.7 Å². The second-order valence-electron chi connectivity index (χ2n) is 4.89. The van der Waals surface area contributed by atoms with E-state index < -0.39 is 12.4 Å². The highest BCUT2D eigenvalue weighted by Crippen LogP contribution is 2.21. The molecule has 0 bridgehead atoms. The van der Waals surface area contributed by atoms with E-state index in [9.17, 15) is 5.11 Å². The molecule has 1 saturated heterocycles. The third-order valence-corrected chi connectivity index (χ3v) is 3.43. The van der Waals surface area contributed by atoms with Crippen LogP contribution in [0.15, 0.2) is 30.3 Å². The quantitative estimate of drug-likeness (QED) is 0.528. The molecule has 112 valence electrons. The summed E-state index contributed by atoms with van der Waals surface area (Å²) >= 11 is 0. The summed E-state index contributed by atoms with van der Waals surface area (Å²) in [5.41, 5.74) is 6.95. The van der Waals surface area contributed by atoms with Crippen LogP contribution in [-0.2, 0) is 16.1 Å². The Morgan fingerprint density at radius 2 is 2.05 bits per heavy atom. The number of nitrogens with one attached hydrogen (secondary N) is 1. The zero-order valence-electron chi connectivity index (χ0n) is 11.3. The number of benzene rings is 1. The second-order valence-corrected chi connectivity index (χ2v) is 4.89. The number of hydrogen-bond acceptors (Lipinski definition) is 6. The lowest BCUT2D eigenvalue weighted by Crippen LogP contribution is -2.57. The van der Waals surface area contributed by atoms with Crippen LogP contribution in [0.25, 0.3) is 0 Å². The Bertz CT molecular complexity index is 390. The van der Waals surface area contributed by atoms with Crippen LogP contribution in [0.4, 0.5) is 0 Å². The van der Waals surface area contributed by atoms with Crippen LogP contribution in [-0.4, -0.2) is 48.0 Å². The summed E-state index contributed by atoms with van der Waals surface area (Å²) in [6.07, 6.45) is -0.405. The van der Waals surface area contributed by atoms with Gasteiger partial charge >= 0.3 is 0 Å². The molecule has 6 nitrogen and oxygen atoms in total. The van der Waals surface area contributed by atoms with Gasteiger partial charge in [-0.05, 0) is 12.0 Å². The molecule has 4 atom stereocenters. The summed E-state index contributed by atoms with van der Waals surface area (Å²) in [7, 11) is 0. The first kappa shape index (κ1) is 15.4. The van der Waals surface area contributed by atoms with E-state index in [2.05, 4.69) is 5.32 Å². The van der Waals surface area contributed by atoms with E-state index in [1.165, 1.54) is 0 Å². The fourth-order valence-corrected chi connectivity index (χ4v) is 2.31. The molecule has 1 aliphatic heterocycles. The van der Waals surface area contributed by atoms with Gasteiger partial charge in [-0.25, -0.2) is 0 Å². The van der Waals surface area contributed by atoms with Crippen molar-refractivity contribution in [2.75, 3.05) is 13.3 Å². The Labute approximate surface area is 118 Å². The normalized spacial score (nSPS) is 30.4. The van der Waals surface area contributed by atoms with Gasteiger partial charge in [0.05, 0.1) is 32.1 Å². The number of aliphatic hydroxyl groups is 2. The fraction of sp³-hybridized carbons (Fsp3) is 0.571. The minimum Gasteiger partial charge on any atom is -0.394 e. The molecule has 5 N–H and O–H groups in total. The van der Waals surface area contributed by atoms with Crippen LogP contribution < -0.4 is 11.1 Å². The van der Waals surface area contributed by atoms with Crippen molar-refractivity contribution in [2.45, 2.75) is 37.5 Å². The molecule has 4 unspecified atom stereocenters. The molecule has 0 radical (unpaired) electrons. The van der Waals surface area contributed by atoms with Crippen LogP contribution in [0.2, 0.25) is 0 Å². The van der Waals surface area contributed by atoms with Crippen molar-refractivity contribution >= 4 is 0 Å². The minimum absolute atomic E-state index is 0.141. The number of rotatable bonds is 6. The van der Waals surface area contributed by atoms with Gasteiger partial charge in [-0.2, -0.15) is 0 Å². The number of ether oxygens (including phenoxy) is 2. The zero-order valence-corrected chi connectivity index (χ0v) is 11.3. The maximum absolute atomic E-state index is 9.25. The molecule has 6 heteroatoms. The van der Waals surface area contributed by atoms with Gasteiger partial charge < -0.3 is 25.4 Å². The molecule has 0 amide bonds. The van der Waals surface area contributed by atoms with Crippen LogP contribution in [0.1, 0.15) is 12.0 Å². The van der Waals surface area contributed by atoms with E-state index in [0.29, 0.717) is 13.0 Å². The molecule has 0 spiro atoms. The number of hydrogen-bond donors (Lipinski definition) is 4. The van der Waals surface area contributed by atoms with Gasteiger partial charge in [0, 0.05) is 6.04 Å². The molecule has 2 rings (SSSR count). The smallest absolute Gasteiger partial charge is 0.173 e. The lowest BCUT2D eigenvalue weighted by Gasteiger charge is -2.39. The van der Waals surface area contributed by atoms with Gasteiger partial charge in [0.1, 0.15) is 0 Å². The van der Waals surface area contributed by atoms with Gasteiger partial charge in [0.25, 0.3) is 0 Å². The third kappa shape index (κ3) is 3.99. The maximum atomic E-state index is 9.25. The zero-order chi connectivity index (χ0) is 14.4. The molecule has 1 aliphatic rings. The lowest BCUT2D eigenvalue weighted by molar-refractivity contribution is -0.225. The van der Waals surface area contributed by atoms with Crippen LogP contribution in [0, 0.1) is 0 Å². The predicted octanol–water partition coefficient (Wildman–Crippen LogP) is -0.454. The molecule has 0 saturated carbocycles. The molecule has 20 heavy (non-hydrogen) atoms. The summed E-state index contributed by atoms with van der Waals surface area (Å²) in [4.78, 5) is 0. The highest BCUT2D eigenvalue weighted by atomic mass is 16.7. The molecule has 1 aromatic rings. The molecule has 1 fully saturated rings. The van der Waals surface area contributed by atoms with Crippen molar-refractivity contribution in [3.63, 3.8) is 0 Å². The first-order chi connectivity index (χ1) is 9.74. The molecule has 0 aliphatic carbocycles. The van der Waals surface area contributed by atoms with Crippen LogP contribution in [0.5, 0.6) is 0 Å². The lowest BCUT2D eigenvalue weighted by atomic mass is 9.99. The Balaban J connectivity index is 1.94. The van der Waals surface area contributed by atoms with Gasteiger partial charge in [-0.3, -0.25) is 5.32 Å². The van der Waals surface area contributed by atoms with Crippen molar-refractivity contribution in [3.8, 4) is 0 Å². The predicted molar refractivity (Wildman–Crippen MR) is 73.6 cm³/mol. The average molecular weight is 282 g/mol. The molecule has 1 heterocycles. The van der Waals surface area contributed by atoms with E-state index in [1.54, 1.807) is 0 Å². The van der Waals surface area contributed by atoms with Gasteiger partial charge in [-0.1, -0.05) is 30.3 Å². The monoisotopic (exact) mass is 282 g/mol. The van der Waals surface area contributed by atoms with Crippen molar-refractivity contribution in [3.05, 3.63) is 35.9 Å². The van der Waals surface area contributed by atoms with Crippen molar-refractivity contribution in [2.24, 2.45) is 5.73 Å². The van der Waals surface area contributed by atoms with Gasteiger partial charge in [0.2, 0.25) is 0 Å². The first-order valence-electron chi connectivity index (χ1n) is 6.76. The van der Waals surface area contributed by atoms with E-state index >= 15 is 0 Å². The summed E-state index contributed by atoms with van der Waals surface area (Å²) in [5.74, 6) is 0. The summed E-state index contributed by atoms with van der Waals surface area (Å²) in [6.45, 7) is 0.0937. The Morgan fingerprint density at radius 1 is 1.30 bits per heavy atom. The summed E-state index contributed by atoms with van der Waals surface area (Å²) in [6, 6.07) is 9.28. The van der Waals surface area contributed by atoms with E-state index in [1.807, 2.05) is 30.3 Å². The Morgan fingerprint density at radius 3 is 2.70 bits per heavy atom. The molecule has 1 aromatic carbocycles. The first-order valence-corrected chi connectivity index (χ1v) is 6.76. The second kappa shape index (κ2) is 7.68. The highest BCUT2D eigenvalue weighted by molar-refractivity contribution is 5.13. The highest BCUT2D eigenvalue weighted by Gasteiger charge is 2.36. The molecular formula is C14H22N2O4. The summed E-state index contributed by atoms with van der Waals surface area (Å²) < 4.78 is 11.4. The minimum atomic E-state index is -0.542. The van der Waals surface area contributed by atoms with E-state index in [-0.39, 0.29) is 25.4 Å². The Kier molecular flexibility index (Phi) is 5.90. The van der Waals surface area contributed by atoms with E-state index in [4.69, 9.17) is 20.3 Å². The maximum Gasteiger partial charge on any atom is 0.173 e. The number of nitrogens with two attached hydrogens (primary N) is 1. The largest absolute Gasteiger partial charge is 0.394 e. The van der Waals surface area contributed by atoms with Gasteiger partial charge in [-0.15, -0.1) is 0 Å². The molecular weight excluding hydrogens is 260 g/mol.